The maximum Gasteiger partial charge on any atom is 0.0618 e. The number of ether oxygens (including phenoxy) is 1. The van der Waals surface area contributed by atoms with Gasteiger partial charge < -0.3 is 4.74 Å². The Morgan fingerprint density at radius 2 is 2.42 bits per heavy atom. The molecule has 1 fully saturated rings. The van der Waals surface area contributed by atoms with Crippen LogP contribution in [-0.4, -0.2) is 37.7 Å². The lowest BCUT2D eigenvalue weighted by Crippen LogP contribution is -2.32. The van der Waals surface area contributed by atoms with Crippen molar-refractivity contribution in [3.63, 3.8) is 0 Å². The van der Waals surface area contributed by atoms with E-state index in [1.165, 1.54) is 12.8 Å². The Labute approximate surface area is 80.7 Å². The molecule has 0 N–H and O–H groups in total. The molecule has 1 atom stereocenters. The minimum Gasteiger partial charge on any atom is -0.383 e. The van der Waals surface area contributed by atoms with Crippen LogP contribution in [0.2, 0.25) is 0 Å². The molecule has 0 aliphatic carbocycles. The molecule has 3 heteroatoms. The number of nitrogens with zero attached hydrogens (tertiary/aromatic N) is 1. The molecule has 0 aromatic heterocycles. The summed E-state index contributed by atoms with van der Waals surface area (Å²) in [6, 6.07) is 0.566. The first-order chi connectivity index (χ1) is 5.38. The topological polar surface area (TPSA) is 12.5 Å². The first kappa shape index (κ1) is 11.8. The lowest BCUT2D eigenvalue weighted by molar-refractivity contribution is 0.123. The maximum absolute atomic E-state index is 5.23. The SMILES string of the molecule is C#CCN1CCCC1COC.Cl. The molecule has 0 aromatic carbocycles. The first-order valence-corrected chi connectivity index (χ1v) is 4.05. The minimum absolute atomic E-state index is 0. The molecule has 1 heterocycles. The van der Waals surface area contributed by atoms with Crippen LogP contribution in [0.3, 0.4) is 0 Å². The quantitative estimate of drug-likeness (QED) is 0.618. The molecule has 0 saturated carbocycles. The second-order valence-electron chi connectivity index (χ2n) is 2.93. The lowest BCUT2D eigenvalue weighted by Gasteiger charge is -2.20. The van der Waals surface area contributed by atoms with Gasteiger partial charge in [-0.1, -0.05) is 5.92 Å². The van der Waals surface area contributed by atoms with Crippen molar-refractivity contribution in [1.29, 1.82) is 0 Å². The predicted octanol–water partition coefficient (Wildman–Crippen LogP) is 1.15. The van der Waals surface area contributed by atoms with Crippen molar-refractivity contribution in [2.45, 2.75) is 18.9 Å². The molecular formula is C9H16ClNO. The molecule has 0 radical (unpaired) electrons. The molecule has 1 saturated heterocycles. The van der Waals surface area contributed by atoms with Crippen molar-refractivity contribution in [3.8, 4) is 12.3 Å². The number of terminal acetylenes is 1. The molecule has 1 aliphatic rings. The van der Waals surface area contributed by atoms with E-state index in [1.807, 2.05) is 0 Å². The summed E-state index contributed by atoms with van der Waals surface area (Å²) in [4.78, 5) is 2.31. The summed E-state index contributed by atoms with van der Waals surface area (Å²) < 4.78 is 5.09. The van der Waals surface area contributed by atoms with Gasteiger partial charge in [0, 0.05) is 13.2 Å². The predicted molar refractivity (Wildman–Crippen MR) is 52.6 cm³/mol. The molecular weight excluding hydrogens is 174 g/mol. The smallest absolute Gasteiger partial charge is 0.0618 e. The van der Waals surface area contributed by atoms with Crippen molar-refractivity contribution in [3.05, 3.63) is 0 Å². The highest BCUT2D eigenvalue weighted by Gasteiger charge is 2.22. The molecule has 2 nitrogen and oxygen atoms in total. The highest BCUT2D eigenvalue weighted by atomic mass is 35.5. The lowest BCUT2D eigenvalue weighted by atomic mass is 10.2. The van der Waals surface area contributed by atoms with E-state index < -0.39 is 0 Å². The Bertz CT molecular complexity index is 155. The van der Waals surface area contributed by atoms with Crippen molar-refractivity contribution in [2.24, 2.45) is 0 Å². The van der Waals surface area contributed by atoms with Gasteiger partial charge in [-0.3, -0.25) is 4.90 Å². The van der Waals surface area contributed by atoms with Crippen molar-refractivity contribution >= 4 is 12.4 Å². The number of rotatable bonds is 3. The summed E-state index contributed by atoms with van der Waals surface area (Å²) >= 11 is 0. The van der Waals surface area contributed by atoms with Crippen LogP contribution in [0, 0.1) is 12.3 Å². The Hall–Kier alpha value is -0.230. The molecule has 70 valence electrons. The summed E-state index contributed by atoms with van der Waals surface area (Å²) in [7, 11) is 1.74. The molecule has 12 heavy (non-hydrogen) atoms. The van der Waals surface area contributed by atoms with E-state index in [4.69, 9.17) is 11.2 Å². The van der Waals surface area contributed by atoms with Crippen LogP contribution in [0.15, 0.2) is 0 Å². The fraction of sp³-hybridized carbons (Fsp3) is 0.778. The fourth-order valence-corrected chi connectivity index (χ4v) is 1.60. The summed E-state index contributed by atoms with van der Waals surface area (Å²) in [5.74, 6) is 2.67. The zero-order valence-corrected chi connectivity index (χ0v) is 8.27. The summed E-state index contributed by atoms with van der Waals surface area (Å²) in [5.41, 5.74) is 0. The van der Waals surface area contributed by atoms with Gasteiger partial charge in [0.2, 0.25) is 0 Å². The van der Waals surface area contributed by atoms with Crippen molar-refractivity contribution in [1.82, 2.24) is 4.90 Å². The van der Waals surface area contributed by atoms with Gasteiger partial charge in [-0.15, -0.1) is 18.8 Å². The second-order valence-corrected chi connectivity index (χ2v) is 2.93. The number of hydrogen-bond donors (Lipinski definition) is 0. The molecule has 1 aliphatic heterocycles. The van der Waals surface area contributed by atoms with Gasteiger partial charge in [0.15, 0.2) is 0 Å². The van der Waals surface area contributed by atoms with E-state index in [-0.39, 0.29) is 12.4 Å². The molecule has 0 aromatic rings. The first-order valence-electron chi connectivity index (χ1n) is 4.05. The van der Waals surface area contributed by atoms with Crippen LogP contribution in [0.1, 0.15) is 12.8 Å². The van der Waals surface area contributed by atoms with E-state index in [0.717, 1.165) is 19.7 Å². The Morgan fingerprint density at radius 3 is 3.00 bits per heavy atom. The van der Waals surface area contributed by atoms with E-state index in [0.29, 0.717) is 6.04 Å². The summed E-state index contributed by atoms with van der Waals surface area (Å²) in [6.45, 7) is 2.73. The third-order valence-corrected chi connectivity index (χ3v) is 2.15. The zero-order chi connectivity index (χ0) is 8.10. The Balaban J connectivity index is 0.00000121. The minimum atomic E-state index is 0. The van der Waals surface area contributed by atoms with Gasteiger partial charge in [0.1, 0.15) is 0 Å². The van der Waals surface area contributed by atoms with Crippen LogP contribution in [0.5, 0.6) is 0 Å². The third-order valence-electron chi connectivity index (χ3n) is 2.15. The van der Waals surface area contributed by atoms with Crippen LogP contribution < -0.4 is 0 Å². The largest absolute Gasteiger partial charge is 0.383 e. The van der Waals surface area contributed by atoms with Crippen LogP contribution in [-0.2, 0) is 4.74 Å². The van der Waals surface area contributed by atoms with E-state index in [9.17, 15) is 0 Å². The standard InChI is InChI=1S/C9H15NO.ClH/c1-3-6-10-7-4-5-9(10)8-11-2;/h1,9H,4-8H2,2H3;1H. The highest BCUT2D eigenvalue weighted by molar-refractivity contribution is 5.85. The average molecular weight is 190 g/mol. The zero-order valence-electron chi connectivity index (χ0n) is 7.45. The van der Waals surface area contributed by atoms with Crippen LogP contribution >= 0.6 is 12.4 Å². The number of methoxy groups -OCH3 is 1. The van der Waals surface area contributed by atoms with Crippen LogP contribution in [0.25, 0.3) is 0 Å². The van der Waals surface area contributed by atoms with Crippen molar-refractivity contribution < 1.29 is 4.74 Å². The molecule has 0 spiro atoms. The van der Waals surface area contributed by atoms with Crippen molar-refractivity contribution in [2.75, 3.05) is 26.8 Å². The van der Waals surface area contributed by atoms with Gasteiger partial charge in [0.05, 0.1) is 13.2 Å². The molecule has 1 unspecified atom stereocenters. The number of halogens is 1. The molecule has 1 rings (SSSR count). The van der Waals surface area contributed by atoms with Gasteiger partial charge in [0.25, 0.3) is 0 Å². The molecule has 0 amide bonds. The Morgan fingerprint density at radius 1 is 1.67 bits per heavy atom. The van der Waals surface area contributed by atoms with Crippen LogP contribution in [0.4, 0.5) is 0 Å². The van der Waals surface area contributed by atoms with E-state index >= 15 is 0 Å². The van der Waals surface area contributed by atoms with Gasteiger partial charge in [-0.2, -0.15) is 0 Å². The monoisotopic (exact) mass is 189 g/mol. The van der Waals surface area contributed by atoms with E-state index in [1.54, 1.807) is 7.11 Å². The normalized spacial score (nSPS) is 23.2. The number of hydrogen-bond acceptors (Lipinski definition) is 2. The maximum atomic E-state index is 5.23. The number of likely N-dealkylation sites (tertiary alicyclic amines) is 1. The Kier molecular flexibility index (Phi) is 6.18. The average Bonchev–Trinajstić information content (AvgIpc) is 2.39. The molecule has 0 bridgehead atoms. The summed E-state index contributed by atoms with van der Waals surface area (Å²) in [5, 5.41) is 0. The highest BCUT2D eigenvalue weighted by Crippen LogP contribution is 2.15. The second kappa shape index (κ2) is 6.30. The third kappa shape index (κ3) is 3.02. The van der Waals surface area contributed by atoms with E-state index in [2.05, 4.69) is 10.8 Å². The van der Waals surface area contributed by atoms with Gasteiger partial charge in [-0.25, -0.2) is 0 Å². The summed E-state index contributed by atoms with van der Waals surface area (Å²) in [6.07, 6.45) is 7.73. The fourth-order valence-electron chi connectivity index (χ4n) is 1.60. The van der Waals surface area contributed by atoms with Gasteiger partial charge in [-0.05, 0) is 19.4 Å². The van der Waals surface area contributed by atoms with Gasteiger partial charge >= 0.3 is 0 Å².